The molecule has 1 fully saturated rings. The molecule has 1 aromatic rings. The Labute approximate surface area is 111 Å². The average molecular weight is 243 g/mol. The third-order valence-electron chi connectivity index (χ3n) is 5.00. The largest absolute Gasteiger partial charge is 0.310 e. The summed E-state index contributed by atoms with van der Waals surface area (Å²) in [6, 6.07) is 10.3. The van der Waals surface area contributed by atoms with Crippen molar-refractivity contribution in [3.05, 3.63) is 35.4 Å². The lowest BCUT2D eigenvalue weighted by atomic mass is 9.73. The molecular formula is C17H25N. The lowest BCUT2D eigenvalue weighted by molar-refractivity contribution is 0.156. The number of nitrogens with one attached hydrogen (secondary N) is 1. The van der Waals surface area contributed by atoms with E-state index in [1.54, 1.807) is 11.1 Å². The monoisotopic (exact) mass is 243 g/mol. The van der Waals surface area contributed by atoms with Crippen molar-refractivity contribution in [2.24, 2.45) is 5.41 Å². The van der Waals surface area contributed by atoms with Gasteiger partial charge in [0, 0.05) is 12.1 Å². The highest BCUT2D eigenvalue weighted by Gasteiger charge is 2.34. The first-order chi connectivity index (χ1) is 8.65. The zero-order chi connectivity index (χ0) is 12.6. The summed E-state index contributed by atoms with van der Waals surface area (Å²) < 4.78 is 0. The van der Waals surface area contributed by atoms with Crippen molar-refractivity contribution < 1.29 is 0 Å². The van der Waals surface area contributed by atoms with Crippen LogP contribution in [0.1, 0.15) is 50.7 Å². The number of hydrogen-bond donors (Lipinski definition) is 1. The van der Waals surface area contributed by atoms with Gasteiger partial charge >= 0.3 is 0 Å². The Kier molecular flexibility index (Phi) is 3.19. The van der Waals surface area contributed by atoms with Crippen LogP contribution in [-0.2, 0) is 12.8 Å². The second-order valence-corrected chi connectivity index (χ2v) is 6.83. The second kappa shape index (κ2) is 4.70. The standard InChI is InChI=1S/C17H25N/c1-17(2)10-6-5-9-16(17)18-15-11-13-7-3-4-8-14(13)12-15/h3-4,7-8,15-16,18H,5-6,9-12H2,1-2H3. The molecule has 3 rings (SSSR count). The van der Waals surface area contributed by atoms with E-state index in [0.29, 0.717) is 17.5 Å². The molecule has 1 unspecified atom stereocenters. The highest BCUT2D eigenvalue weighted by atomic mass is 15.0. The Morgan fingerprint density at radius 2 is 1.72 bits per heavy atom. The van der Waals surface area contributed by atoms with Crippen LogP contribution in [0.5, 0.6) is 0 Å². The number of fused-ring (bicyclic) bond motifs is 1. The third-order valence-corrected chi connectivity index (χ3v) is 5.00. The normalized spacial score (nSPS) is 27.1. The summed E-state index contributed by atoms with van der Waals surface area (Å²) in [5.74, 6) is 0. The fraction of sp³-hybridized carbons (Fsp3) is 0.647. The minimum Gasteiger partial charge on any atom is -0.310 e. The zero-order valence-corrected chi connectivity index (χ0v) is 11.7. The maximum atomic E-state index is 3.96. The van der Waals surface area contributed by atoms with Crippen LogP contribution < -0.4 is 5.32 Å². The van der Waals surface area contributed by atoms with Crippen molar-refractivity contribution in [1.82, 2.24) is 5.32 Å². The van der Waals surface area contributed by atoms with E-state index in [2.05, 4.69) is 43.4 Å². The van der Waals surface area contributed by atoms with Gasteiger partial charge < -0.3 is 5.32 Å². The quantitative estimate of drug-likeness (QED) is 0.835. The molecular weight excluding hydrogens is 218 g/mol. The first kappa shape index (κ1) is 12.2. The smallest absolute Gasteiger partial charge is 0.0151 e. The van der Waals surface area contributed by atoms with Crippen LogP contribution >= 0.6 is 0 Å². The fourth-order valence-corrected chi connectivity index (χ4v) is 3.76. The molecule has 1 aromatic carbocycles. The molecule has 1 N–H and O–H groups in total. The van der Waals surface area contributed by atoms with Gasteiger partial charge in [-0.15, -0.1) is 0 Å². The van der Waals surface area contributed by atoms with E-state index in [4.69, 9.17) is 0 Å². The van der Waals surface area contributed by atoms with Gasteiger partial charge in [-0.1, -0.05) is 51.0 Å². The highest BCUT2D eigenvalue weighted by molar-refractivity contribution is 5.33. The summed E-state index contributed by atoms with van der Waals surface area (Å²) in [5.41, 5.74) is 3.60. The van der Waals surface area contributed by atoms with E-state index in [9.17, 15) is 0 Å². The van der Waals surface area contributed by atoms with Gasteiger partial charge in [0.25, 0.3) is 0 Å². The first-order valence-electron chi connectivity index (χ1n) is 7.48. The number of rotatable bonds is 2. The number of hydrogen-bond acceptors (Lipinski definition) is 1. The zero-order valence-electron chi connectivity index (χ0n) is 11.7. The molecule has 18 heavy (non-hydrogen) atoms. The van der Waals surface area contributed by atoms with Crippen molar-refractivity contribution in [3.63, 3.8) is 0 Å². The molecule has 1 heteroatoms. The van der Waals surface area contributed by atoms with Crippen molar-refractivity contribution in [2.75, 3.05) is 0 Å². The Morgan fingerprint density at radius 3 is 2.33 bits per heavy atom. The fourth-order valence-electron chi connectivity index (χ4n) is 3.76. The average Bonchev–Trinajstić information content (AvgIpc) is 2.74. The lowest BCUT2D eigenvalue weighted by Gasteiger charge is -2.40. The molecule has 0 radical (unpaired) electrons. The van der Waals surface area contributed by atoms with Crippen molar-refractivity contribution in [3.8, 4) is 0 Å². The molecule has 2 aliphatic rings. The predicted molar refractivity (Wildman–Crippen MR) is 76.8 cm³/mol. The summed E-state index contributed by atoms with van der Waals surface area (Å²) in [5, 5.41) is 3.96. The van der Waals surface area contributed by atoms with Gasteiger partial charge in [0.05, 0.1) is 0 Å². The van der Waals surface area contributed by atoms with Gasteiger partial charge in [-0.05, 0) is 42.2 Å². The van der Waals surface area contributed by atoms with Crippen molar-refractivity contribution in [2.45, 2.75) is 64.5 Å². The Morgan fingerprint density at radius 1 is 1.06 bits per heavy atom. The minimum absolute atomic E-state index is 0.479. The maximum absolute atomic E-state index is 3.96. The van der Waals surface area contributed by atoms with Gasteiger partial charge in [-0.3, -0.25) is 0 Å². The highest BCUT2D eigenvalue weighted by Crippen LogP contribution is 2.36. The summed E-state index contributed by atoms with van der Waals surface area (Å²) in [6.07, 6.45) is 8.01. The summed E-state index contributed by atoms with van der Waals surface area (Å²) in [6.45, 7) is 4.87. The Bertz CT molecular complexity index is 396. The van der Waals surface area contributed by atoms with Crippen LogP contribution in [0, 0.1) is 5.41 Å². The molecule has 0 saturated heterocycles. The van der Waals surface area contributed by atoms with Crippen LogP contribution in [0.3, 0.4) is 0 Å². The molecule has 2 aliphatic carbocycles. The topological polar surface area (TPSA) is 12.0 Å². The molecule has 98 valence electrons. The summed E-state index contributed by atoms with van der Waals surface area (Å²) in [7, 11) is 0. The molecule has 1 nitrogen and oxygen atoms in total. The molecule has 0 amide bonds. The van der Waals surface area contributed by atoms with Crippen molar-refractivity contribution in [1.29, 1.82) is 0 Å². The lowest BCUT2D eigenvalue weighted by Crippen LogP contribution is -2.48. The molecule has 0 bridgehead atoms. The van der Waals surface area contributed by atoms with Gasteiger partial charge in [0.2, 0.25) is 0 Å². The van der Waals surface area contributed by atoms with Gasteiger partial charge in [0.1, 0.15) is 0 Å². The third kappa shape index (κ3) is 2.33. The van der Waals surface area contributed by atoms with E-state index >= 15 is 0 Å². The van der Waals surface area contributed by atoms with Crippen LogP contribution in [-0.4, -0.2) is 12.1 Å². The van der Waals surface area contributed by atoms with Gasteiger partial charge in [-0.2, -0.15) is 0 Å². The van der Waals surface area contributed by atoms with E-state index < -0.39 is 0 Å². The van der Waals surface area contributed by atoms with Crippen molar-refractivity contribution >= 4 is 0 Å². The van der Waals surface area contributed by atoms with E-state index in [0.717, 1.165) is 0 Å². The Balaban J connectivity index is 1.65. The molecule has 0 aliphatic heterocycles. The summed E-state index contributed by atoms with van der Waals surface area (Å²) in [4.78, 5) is 0. The molecule has 1 saturated carbocycles. The summed E-state index contributed by atoms with van der Waals surface area (Å²) >= 11 is 0. The predicted octanol–water partition coefficient (Wildman–Crippen LogP) is 3.71. The van der Waals surface area contributed by atoms with Gasteiger partial charge in [-0.25, -0.2) is 0 Å². The Hall–Kier alpha value is -0.820. The second-order valence-electron chi connectivity index (χ2n) is 6.83. The first-order valence-corrected chi connectivity index (χ1v) is 7.48. The van der Waals surface area contributed by atoms with Crippen LogP contribution in [0.25, 0.3) is 0 Å². The minimum atomic E-state index is 0.479. The molecule has 0 heterocycles. The van der Waals surface area contributed by atoms with E-state index in [-0.39, 0.29) is 0 Å². The van der Waals surface area contributed by atoms with Crippen LogP contribution in [0.2, 0.25) is 0 Å². The van der Waals surface area contributed by atoms with Crippen LogP contribution in [0.15, 0.2) is 24.3 Å². The maximum Gasteiger partial charge on any atom is 0.0151 e. The molecule has 0 spiro atoms. The van der Waals surface area contributed by atoms with Crippen LogP contribution in [0.4, 0.5) is 0 Å². The molecule has 0 aromatic heterocycles. The van der Waals surface area contributed by atoms with E-state index in [1.165, 1.54) is 38.5 Å². The molecule has 1 atom stereocenters. The van der Waals surface area contributed by atoms with Gasteiger partial charge in [0.15, 0.2) is 0 Å². The SMILES string of the molecule is CC1(C)CCCCC1NC1Cc2ccccc2C1. The van der Waals surface area contributed by atoms with E-state index in [1.807, 2.05) is 0 Å². The number of benzene rings is 1.